The van der Waals surface area contributed by atoms with E-state index in [-0.39, 0.29) is 43.9 Å². The number of nitrogens with one attached hydrogen (secondary N) is 1. The fourth-order valence-electron chi connectivity index (χ4n) is 4.60. The summed E-state index contributed by atoms with van der Waals surface area (Å²) in [6.45, 7) is -0.864. The van der Waals surface area contributed by atoms with Crippen LogP contribution in [0.4, 0.5) is 17.1 Å². The highest BCUT2D eigenvalue weighted by Gasteiger charge is 2.23. The number of hydrogen-bond acceptors (Lipinski definition) is 11. The summed E-state index contributed by atoms with van der Waals surface area (Å²) in [5, 5.41) is 22.6. The fourth-order valence-corrected chi connectivity index (χ4v) is 6.96. The highest BCUT2D eigenvalue weighted by atomic mass is 32.3. The quantitative estimate of drug-likeness (QED) is 0.110. The first-order chi connectivity index (χ1) is 21.6. The smallest absolute Gasteiger partial charge is 0.397 e. The lowest BCUT2D eigenvalue weighted by Gasteiger charge is -2.12. The number of carbonyl (C=O) groups is 1. The van der Waals surface area contributed by atoms with E-state index in [1.54, 1.807) is 54.6 Å². The Hall–Kier alpha value is -4.78. The molecule has 0 radical (unpaired) electrons. The summed E-state index contributed by atoms with van der Waals surface area (Å²) in [5.74, 6) is -1.61. The Morgan fingerprint density at radius 3 is 2.13 bits per heavy atom. The van der Waals surface area contributed by atoms with E-state index in [1.807, 2.05) is 0 Å². The second-order valence-corrected chi connectivity index (χ2v) is 14.3. The first-order valence-electron chi connectivity index (χ1n) is 13.1. The maximum absolute atomic E-state index is 12.8. The number of phenols is 1. The molecule has 5 rings (SSSR count). The molecule has 4 N–H and O–H groups in total. The zero-order valence-corrected chi connectivity index (χ0v) is 25.8. The maximum Gasteiger partial charge on any atom is 0.397 e. The van der Waals surface area contributed by atoms with E-state index in [2.05, 4.69) is 19.7 Å². The van der Waals surface area contributed by atoms with Gasteiger partial charge in [-0.3, -0.25) is 13.9 Å². The van der Waals surface area contributed by atoms with Crippen molar-refractivity contribution in [1.82, 2.24) is 0 Å². The third-order valence-corrected chi connectivity index (χ3v) is 9.75. The lowest BCUT2D eigenvalue weighted by atomic mass is 10.1. The van der Waals surface area contributed by atoms with E-state index >= 15 is 0 Å². The van der Waals surface area contributed by atoms with Crippen molar-refractivity contribution in [2.24, 2.45) is 10.2 Å². The Balaban J connectivity index is 1.51. The summed E-state index contributed by atoms with van der Waals surface area (Å²) in [7, 11) is -14.0. The van der Waals surface area contributed by atoms with Crippen molar-refractivity contribution in [2.45, 2.75) is 9.79 Å². The van der Waals surface area contributed by atoms with Crippen LogP contribution >= 0.6 is 0 Å². The predicted octanol–water partition coefficient (Wildman–Crippen LogP) is 5.21. The minimum absolute atomic E-state index is 0.0655. The molecule has 0 aliphatic heterocycles. The van der Waals surface area contributed by atoms with Crippen LogP contribution in [0.3, 0.4) is 0 Å². The molecule has 0 aliphatic rings. The van der Waals surface area contributed by atoms with Gasteiger partial charge < -0.3 is 10.4 Å². The number of hydrogen-bond donors (Lipinski definition) is 4. The summed E-state index contributed by atoms with van der Waals surface area (Å²) in [4.78, 5) is 11.8. The molecule has 0 spiro atoms. The van der Waals surface area contributed by atoms with Gasteiger partial charge in [0.1, 0.15) is 16.3 Å². The lowest BCUT2D eigenvalue weighted by molar-refractivity contribution is 0.102. The molecule has 0 atom stereocenters. The molecule has 0 saturated heterocycles. The van der Waals surface area contributed by atoms with Crippen LogP contribution in [0.2, 0.25) is 0 Å². The molecule has 0 bridgehead atoms. The van der Waals surface area contributed by atoms with Gasteiger partial charge in [-0.2, -0.15) is 16.8 Å². The summed E-state index contributed by atoms with van der Waals surface area (Å²) in [5.41, 5.74) is 0.237. The molecule has 1 amide bonds. The van der Waals surface area contributed by atoms with Gasteiger partial charge in [-0.15, -0.1) is 10.2 Å². The Morgan fingerprint density at radius 2 is 1.43 bits per heavy atom. The van der Waals surface area contributed by atoms with E-state index in [1.165, 1.54) is 12.1 Å². The molecule has 5 aromatic carbocycles. The highest BCUT2D eigenvalue weighted by Crippen LogP contribution is 2.41. The molecule has 0 fully saturated rings. The van der Waals surface area contributed by atoms with Crippen molar-refractivity contribution in [3.05, 3.63) is 96.6 Å². The number of fused-ring (bicyclic) bond motifs is 2. The lowest BCUT2D eigenvalue weighted by Crippen LogP contribution is -2.15. The minimum Gasteiger partial charge on any atom is -0.505 e. The van der Waals surface area contributed by atoms with Crippen LogP contribution in [0.1, 0.15) is 10.4 Å². The molecule has 0 saturated carbocycles. The third-order valence-electron chi connectivity index (χ3n) is 6.67. The Labute approximate surface area is 262 Å². The average molecular weight is 686 g/mol. The second kappa shape index (κ2) is 12.5. The molecule has 238 valence electrons. The normalized spacial score (nSPS) is 12.6. The van der Waals surface area contributed by atoms with Crippen LogP contribution in [0.5, 0.6) is 5.75 Å². The predicted molar refractivity (Wildman–Crippen MR) is 167 cm³/mol. The molecule has 46 heavy (non-hydrogen) atoms. The van der Waals surface area contributed by atoms with E-state index in [4.69, 9.17) is 4.55 Å². The standard InChI is InChI=1S/C29H23N3O11S3/c33-27-24(13-9-18-7-4-8-23(26(18)27)30-29(34)19-5-2-1-3-6-19)31-32-25-14-10-20-17-21(11-12-22(20)28(25)45(37,38)39)44(35,36)16-15-43-46(40,41)42/h1-14,17,33H,15-16H2,(H,30,34)(H,37,38,39)(H,40,41,42)/b32-31+. The maximum atomic E-state index is 12.8. The van der Waals surface area contributed by atoms with Gasteiger partial charge in [0.15, 0.2) is 15.6 Å². The number of benzene rings is 5. The van der Waals surface area contributed by atoms with Crippen LogP contribution in [0, 0.1) is 0 Å². The van der Waals surface area contributed by atoms with Crippen molar-refractivity contribution in [2.75, 3.05) is 17.7 Å². The molecule has 5 aromatic rings. The third kappa shape index (κ3) is 7.20. The van der Waals surface area contributed by atoms with Gasteiger partial charge in [-0.25, -0.2) is 12.6 Å². The van der Waals surface area contributed by atoms with E-state index in [0.717, 1.165) is 24.3 Å². The number of amides is 1. The van der Waals surface area contributed by atoms with E-state index < -0.39 is 53.5 Å². The van der Waals surface area contributed by atoms with Crippen LogP contribution in [-0.2, 0) is 34.5 Å². The van der Waals surface area contributed by atoms with Crippen LogP contribution < -0.4 is 5.32 Å². The van der Waals surface area contributed by atoms with Gasteiger partial charge in [0.25, 0.3) is 16.0 Å². The molecule has 14 nitrogen and oxygen atoms in total. The molecule has 17 heteroatoms. The number of azo groups is 1. The van der Waals surface area contributed by atoms with Gasteiger partial charge in [0.05, 0.1) is 22.9 Å². The van der Waals surface area contributed by atoms with Crippen molar-refractivity contribution in [1.29, 1.82) is 0 Å². The molecule has 0 aromatic heterocycles. The number of phenolic OH excluding ortho intramolecular Hbond substituents is 1. The number of nitrogens with zero attached hydrogens (tertiary/aromatic N) is 2. The van der Waals surface area contributed by atoms with Crippen molar-refractivity contribution in [3.63, 3.8) is 0 Å². The Bertz CT molecular complexity index is 2360. The second-order valence-electron chi connectivity index (χ2n) is 9.70. The molecular weight excluding hydrogens is 663 g/mol. The number of sulfone groups is 1. The number of aromatic hydroxyl groups is 1. The largest absolute Gasteiger partial charge is 0.505 e. The van der Waals surface area contributed by atoms with Gasteiger partial charge in [0.2, 0.25) is 0 Å². The minimum atomic E-state index is -4.96. The SMILES string of the molecule is O=C(Nc1cccc2ccc(/N=N/c3ccc4cc(S(=O)(=O)CCOS(=O)(=O)O)ccc4c3S(=O)(=O)O)c(O)c12)c1ccccc1. The van der Waals surface area contributed by atoms with Crippen molar-refractivity contribution in [3.8, 4) is 5.75 Å². The Kier molecular flexibility index (Phi) is 8.89. The van der Waals surface area contributed by atoms with E-state index in [9.17, 15) is 39.7 Å². The molecular formula is C29H23N3O11S3. The summed E-state index contributed by atoms with van der Waals surface area (Å²) in [6, 6.07) is 22.2. The average Bonchev–Trinajstić information content (AvgIpc) is 2.99. The topological polar surface area (TPSA) is 226 Å². The monoisotopic (exact) mass is 685 g/mol. The van der Waals surface area contributed by atoms with Crippen LogP contribution in [-0.4, -0.2) is 57.7 Å². The molecule has 0 unspecified atom stereocenters. The van der Waals surface area contributed by atoms with Crippen LogP contribution in [0.25, 0.3) is 21.5 Å². The van der Waals surface area contributed by atoms with Crippen LogP contribution in [0.15, 0.2) is 111 Å². The first kappa shape index (κ1) is 32.6. The summed E-state index contributed by atoms with van der Waals surface area (Å²) in [6.07, 6.45) is 0. The number of rotatable bonds is 10. The summed E-state index contributed by atoms with van der Waals surface area (Å²) < 4.78 is 94.4. The van der Waals surface area contributed by atoms with Crippen molar-refractivity contribution >= 4 is 74.9 Å². The highest BCUT2D eigenvalue weighted by molar-refractivity contribution is 7.91. The van der Waals surface area contributed by atoms with Gasteiger partial charge in [-0.1, -0.05) is 48.5 Å². The fraction of sp³-hybridized carbons (Fsp3) is 0.0690. The first-order valence-corrected chi connectivity index (χ1v) is 17.5. The van der Waals surface area contributed by atoms with Gasteiger partial charge >= 0.3 is 10.4 Å². The summed E-state index contributed by atoms with van der Waals surface area (Å²) >= 11 is 0. The van der Waals surface area contributed by atoms with Gasteiger partial charge in [0, 0.05) is 16.3 Å². The molecule has 0 aliphatic carbocycles. The van der Waals surface area contributed by atoms with E-state index in [0.29, 0.717) is 10.9 Å². The Morgan fingerprint density at radius 1 is 0.761 bits per heavy atom. The molecule has 0 heterocycles. The zero-order valence-electron chi connectivity index (χ0n) is 23.3. The number of carbonyl (C=O) groups excluding carboxylic acids is 1. The zero-order chi connectivity index (χ0) is 33.3. The van der Waals surface area contributed by atoms with Crippen molar-refractivity contribution < 1.29 is 48.4 Å². The number of anilines is 1. The van der Waals surface area contributed by atoms with Gasteiger partial charge in [-0.05, 0) is 53.2 Å².